The largest absolute Gasteiger partial charge is 0.370 e. The monoisotopic (exact) mass is 347 g/mol. The summed E-state index contributed by atoms with van der Waals surface area (Å²) in [6.45, 7) is 5.07. The Balaban J connectivity index is 0.00000256. The summed E-state index contributed by atoms with van der Waals surface area (Å²) in [5.74, 6) is 0.502. The van der Waals surface area contributed by atoms with Gasteiger partial charge < -0.3 is 11.1 Å². The van der Waals surface area contributed by atoms with Gasteiger partial charge in [-0.15, -0.1) is 24.0 Å². The first kappa shape index (κ1) is 16.2. The molecule has 0 bridgehead atoms. The summed E-state index contributed by atoms with van der Waals surface area (Å²) in [5.41, 5.74) is 8.09. The van der Waals surface area contributed by atoms with Crippen molar-refractivity contribution in [3.8, 4) is 0 Å². The number of nitrogens with one attached hydrogen (secondary N) is 1. The van der Waals surface area contributed by atoms with Crippen LogP contribution in [0.1, 0.15) is 32.3 Å². The average Bonchev–Trinajstić information content (AvgIpc) is 2.29. The SMILES string of the molecule is CCCCN=C(N)Nc1cccc(CC)c1.I. The topological polar surface area (TPSA) is 50.4 Å². The van der Waals surface area contributed by atoms with E-state index in [4.69, 9.17) is 5.73 Å². The van der Waals surface area contributed by atoms with Crippen molar-refractivity contribution >= 4 is 35.6 Å². The minimum absolute atomic E-state index is 0. The number of unbranched alkanes of at least 4 members (excludes halogenated alkanes) is 1. The zero-order chi connectivity index (χ0) is 11.8. The maximum absolute atomic E-state index is 5.78. The number of hydrogen-bond acceptors (Lipinski definition) is 1. The summed E-state index contributed by atoms with van der Waals surface area (Å²) < 4.78 is 0. The summed E-state index contributed by atoms with van der Waals surface area (Å²) in [6, 6.07) is 8.24. The third kappa shape index (κ3) is 6.51. The van der Waals surface area contributed by atoms with Crippen molar-refractivity contribution in [1.29, 1.82) is 0 Å². The number of nitrogens with two attached hydrogens (primary N) is 1. The second-order valence-corrected chi connectivity index (χ2v) is 3.80. The van der Waals surface area contributed by atoms with Crippen molar-refractivity contribution in [2.45, 2.75) is 33.1 Å². The highest BCUT2D eigenvalue weighted by molar-refractivity contribution is 14.0. The number of anilines is 1. The molecule has 0 saturated heterocycles. The van der Waals surface area contributed by atoms with Gasteiger partial charge in [-0.2, -0.15) is 0 Å². The Morgan fingerprint density at radius 3 is 2.76 bits per heavy atom. The van der Waals surface area contributed by atoms with Gasteiger partial charge in [-0.25, -0.2) is 0 Å². The fraction of sp³-hybridized carbons (Fsp3) is 0.462. The van der Waals surface area contributed by atoms with Gasteiger partial charge in [-0.3, -0.25) is 4.99 Å². The van der Waals surface area contributed by atoms with Gasteiger partial charge in [0.2, 0.25) is 0 Å². The summed E-state index contributed by atoms with van der Waals surface area (Å²) >= 11 is 0. The molecule has 0 spiro atoms. The molecule has 0 unspecified atom stereocenters. The minimum Gasteiger partial charge on any atom is -0.370 e. The van der Waals surface area contributed by atoms with Crippen LogP contribution in [0, 0.1) is 0 Å². The van der Waals surface area contributed by atoms with Crippen molar-refractivity contribution in [1.82, 2.24) is 0 Å². The van der Waals surface area contributed by atoms with Crippen LogP contribution in [0.5, 0.6) is 0 Å². The molecule has 0 saturated carbocycles. The van der Waals surface area contributed by atoms with Gasteiger partial charge >= 0.3 is 0 Å². The number of aliphatic imine (C=N–C) groups is 1. The molecule has 0 radical (unpaired) electrons. The van der Waals surface area contributed by atoms with Gasteiger partial charge in [0, 0.05) is 12.2 Å². The Hall–Kier alpha value is -0.780. The number of rotatable bonds is 5. The third-order valence-corrected chi connectivity index (χ3v) is 2.40. The summed E-state index contributed by atoms with van der Waals surface area (Å²) in [5, 5.41) is 3.10. The number of hydrogen-bond donors (Lipinski definition) is 2. The predicted molar refractivity (Wildman–Crippen MR) is 86.3 cm³/mol. The second-order valence-electron chi connectivity index (χ2n) is 3.80. The number of aryl methyl sites for hydroxylation is 1. The molecule has 1 rings (SSSR count). The lowest BCUT2D eigenvalue weighted by Gasteiger charge is -2.06. The van der Waals surface area contributed by atoms with E-state index in [1.54, 1.807) is 0 Å². The zero-order valence-electron chi connectivity index (χ0n) is 10.6. The quantitative estimate of drug-likeness (QED) is 0.371. The number of guanidine groups is 1. The second kappa shape index (κ2) is 9.27. The lowest BCUT2D eigenvalue weighted by molar-refractivity contribution is 0.807. The fourth-order valence-corrected chi connectivity index (χ4v) is 1.41. The Morgan fingerprint density at radius 1 is 1.35 bits per heavy atom. The van der Waals surface area contributed by atoms with Gasteiger partial charge in [-0.05, 0) is 30.5 Å². The van der Waals surface area contributed by atoms with Gasteiger partial charge in [0.15, 0.2) is 5.96 Å². The van der Waals surface area contributed by atoms with Crippen LogP contribution < -0.4 is 11.1 Å². The lowest BCUT2D eigenvalue weighted by atomic mass is 10.1. The molecule has 0 aliphatic heterocycles. The van der Waals surface area contributed by atoms with Crippen LogP contribution in [0.15, 0.2) is 29.3 Å². The van der Waals surface area contributed by atoms with Gasteiger partial charge in [0.05, 0.1) is 0 Å². The van der Waals surface area contributed by atoms with Crippen LogP contribution in [0.2, 0.25) is 0 Å². The highest BCUT2D eigenvalue weighted by atomic mass is 127. The van der Waals surface area contributed by atoms with Crippen LogP contribution in [-0.2, 0) is 6.42 Å². The molecule has 0 heterocycles. The van der Waals surface area contributed by atoms with Crippen LogP contribution in [0.25, 0.3) is 0 Å². The van der Waals surface area contributed by atoms with Crippen molar-refractivity contribution in [3.05, 3.63) is 29.8 Å². The van der Waals surface area contributed by atoms with Crippen LogP contribution in [-0.4, -0.2) is 12.5 Å². The Morgan fingerprint density at radius 2 is 2.12 bits per heavy atom. The van der Waals surface area contributed by atoms with E-state index in [0.29, 0.717) is 5.96 Å². The summed E-state index contributed by atoms with van der Waals surface area (Å²) in [7, 11) is 0. The molecule has 96 valence electrons. The Labute approximate surface area is 121 Å². The lowest BCUT2D eigenvalue weighted by Crippen LogP contribution is -2.22. The standard InChI is InChI=1S/C13H21N3.HI/c1-3-5-9-15-13(14)16-12-8-6-7-11(4-2)10-12;/h6-8,10H,3-5,9H2,1-2H3,(H3,14,15,16);1H. The minimum atomic E-state index is 0. The molecule has 3 N–H and O–H groups in total. The van der Waals surface area contributed by atoms with Gasteiger partial charge in [-0.1, -0.05) is 32.4 Å². The number of halogens is 1. The molecular formula is C13H22IN3. The number of nitrogens with zero attached hydrogens (tertiary/aromatic N) is 1. The molecule has 0 amide bonds. The van der Waals surface area contributed by atoms with E-state index >= 15 is 0 Å². The normalized spacial score (nSPS) is 10.8. The van der Waals surface area contributed by atoms with E-state index < -0.39 is 0 Å². The van der Waals surface area contributed by atoms with Gasteiger partial charge in [0.1, 0.15) is 0 Å². The summed E-state index contributed by atoms with van der Waals surface area (Å²) in [4.78, 5) is 4.25. The Bertz CT molecular complexity index is 350. The fourth-order valence-electron chi connectivity index (χ4n) is 1.41. The van der Waals surface area contributed by atoms with E-state index in [2.05, 4.69) is 36.3 Å². The molecule has 0 aliphatic carbocycles. The molecule has 0 aliphatic rings. The first-order valence-electron chi connectivity index (χ1n) is 5.92. The molecule has 4 heteroatoms. The summed E-state index contributed by atoms with van der Waals surface area (Å²) in [6.07, 6.45) is 3.25. The molecule has 0 fully saturated rings. The van der Waals surface area contributed by atoms with Crippen LogP contribution in [0.4, 0.5) is 5.69 Å². The highest BCUT2D eigenvalue weighted by Gasteiger charge is 1.95. The van der Waals surface area contributed by atoms with Crippen molar-refractivity contribution in [3.63, 3.8) is 0 Å². The smallest absolute Gasteiger partial charge is 0.193 e. The van der Waals surface area contributed by atoms with Crippen LogP contribution >= 0.6 is 24.0 Å². The maximum Gasteiger partial charge on any atom is 0.193 e. The van der Waals surface area contributed by atoms with Crippen LogP contribution in [0.3, 0.4) is 0 Å². The van der Waals surface area contributed by atoms with Crippen molar-refractivity contribution < 1.29 is 0 Å². The maximum atomic E-state index is 5.78. The molecule has 17 heavy (non-hydrogen) atoms. The predicted octanol–water partition coefficient (Wildman–Crippen LogP) is 3.39. The van der Waals surface area contributed by atoms with E-state index in [1.165, 1.54) is 5.56 Å². The van der Waals surface area contributed by atoms with E-state index in [-0.39, 0.29) is 24.0 Å². The molecule has 1 aromatic rings. The average molecular weight is 347 g/mol. The van der Waals surface area contributed by atoms with Crippen molar-refractivity contribution in [2.75, 3.05) is 11.9 Å². The first-order chi connectivity index (χ1) is 7.76. The molecule has 1 aromatic carbocycles. The van der Waals surface area contributed by atoms with E-state index in [1.807, 2.05) is 12.1 Å². The molecule has 3 nitrogen and oxygen atoms in total. The molecule has 0 aromatic heterocycles. The third-order valence-electron chi connectivity index (χ3n) is 2.40. The first-order valence-corrected chi connectivity index (χ1v) is 5.92. The van der Waals surface area contributed by atoms with E-state index in [0.717, 1.165) is 31.5 Å². The van der Waals surface area contributed by atoms with Gasteiger partial charge in [0.25, 0.3) is 0 Å². The Kier molecular flexibility index (Phi) is 8.85. The number of benzene rings is 1. The molecular weight excluding hydrogens is 325 g/mol. The molecule has 0 atom stereocenters. The highest BCUT2D eigenvalue weighted by Crippen LogP contribution is 2.10. The zero-order valence-corrected chi connectivity index (χ0v) is 12.9. The van der Waals surface area contributed by atoms with E-state index in [9.17, 15) is 0 Å². The van der Waals surface area contributed by atoms with Crippen molar-refractivity contribution in [2.24, 2.45) is 10.7 Å².